The van der Waals surface area contributed by atoms with Gasteiger partial charge in [0.05, 0.1) is 6.61 Å². The van der Waals surface area contributed by atoms with Crippen LogP contribution in [0.15, 0.2) is 4.99 Å². The molecule has 2 heterocycles. The van der Waals surface area contributed by atoms with Crippen molar-refractivity contribution >= 4 is 29.9 Å². The minimum Gasteiger partial charge on any atom is -0.383 e. The van der Waals surface area contributed by atoms with Crippen molar-refractivity contribution in [1.29, 1.82) is 0 Å². The summed E-state index contributed by atoms with van der Waals surface area (Å²) in [4.78, 5) is 7.23. The summed E-state index contributed by atoms with van der Waals surface area (Å²) >= 11 is 0. The minimum atomic E-state index is 0. The molecule has 150 valence electrons. The van der Waals surface area contributed by atoms with E-state index in [1.807, 2.05) is 18.5 Å². The number of guanidine groups is 1. The van der Waals surface area contributed by atoms with E-state index in [0.29, 0.717) is 19.2 Å². The van der Waals surface area contributed by atoms with Crippen LogP contribution < -0.4 is 10.6 Å². The first-order valence-corrected chi connectivity index (χ1v) is 9.25. The van der Waals surface area contributed by atoms with Crippen LogP contribution in [-0.4, -0.2) is 71.6 Å². The molecule has 0 atom stereocenters. The number of hydrogen-bond donors (Lipinski definition) is 2. The fraction of sp³-hybridized carbons (Fsp3) is 0.824. The molecule has 0 saturated carbocycles. The second-order valence-electron chi connectivity index (χ2n) is 6.57. The zero-order valence-electron chi connectivity index (χ0n) is 16.5. The largest absolute Gasteiger partial charge is 0.383 e. The smallest absolute Gasteiger partial charge is 0.192 e. The van der Waals surface area contributed by atoms with Crippen LogP contribution in [0.2, 0.25) is 0 Å². The van der Waals surface area contributed by atoms with Crippen LogP contribution in [0.4, 0.5) is 0 Å². The summed E-state index contributed by atoms with van der Waals surface area (Å²) in [6.07, 6.45) is 3.52. The number of hydrogen-bond acceptors (Lipinski definition) is 5. The number of likely N-dealkylation sites (tertiary alicyclic amines) is 1. The monoisotopic (exact) mass is 479 g/mol. The molecule has 8 nitrogen and oxygen atoms in total. The first-order chi connectivity index (χ1) is 12.1. The van der Waals surface area contributed by atoms with Crippen molar-refractivity contribution in [2.24, 2.45) is 12.0 Å². The van der Waals surface area contributed by atoms with Crippen LogP contribution in [0.25, 0.3) is 0 Å². The Labute approximate surface area is 174 Å². The third-order valence-electron chi connectivity index (χ3n) is 4.63. The molecule has 2 rings (SSSR count). The molecule has 1 aromatic rings. The molecule has 0 spiro atoms. The van der Waals surface area contributed by atoms with Gasteiger partial charge in [-0.2, -0.15) is 0 Å². The number of halogens is 1. The van der Waals surface area contributed by atoms with Crippen molar-refractivity contribution in [3.8, 4) is 0 Å². The lowest BCUT2D eigenvalue weighted by molar-refractivity contribution is 0.200. The van der Waals surface area contributed by atoms with Crippen LogP contribution in [0.3, 0.4) is 0 Å². The summed E-state index contributed by atoms with van der Waals surface area (Å²) in [7, 11) is 3.67. The molecule has 26 heavy (non-hydrogen) atoms. The Balaban J connectivity index is 0.00000338. The molecule has 1 saturated heterocycles. The number of nitrogens with zero attached hydrogens (tertiary/aromatic N) is 5. The highest BCUT2D eigenvalue weighted by atomic mass is 127. The molecule has 0 amide bonds. The van der Waals surface area contributed by atoms with E-state index in [9.17, 15) is 0 Å². The minimum absolute atomic E-state index is 0. The Bertz CT molecular complexity index is 541. The van der Waals surface area contributed by atoms with Crippen molar-refractivity contribution in [3.63, 3.8) is 0 Å². The Morgan fingerprint density at radius 3 is 2.62 bits per heavy atom. The van der Waals surface area contributed by atoms with Crippen molar-refractivity contribution < 1.29 is 4.74 Å². The van der Waals surface area contributed by atoms with Gasteiger partial charge >= 0.3 is 0 Å². The molecule has 1 aromatic heterocycles. The normalized spacial score (nSPS) is 16.4. The average molecular weight is 479 g/mol. The van der Waals surface area contributed by atoms with Gasteiger partial charge in [-0.15, -0.1) is 34.2 Å². The van der Waals surface area contributed by atoms with E-state index in [0.717, 1.165) is 50.1 Å². The number of aliphatic imine (C=N–C) groups is 1. The van der Waals surface area contributed by atoms with Crippen molar-refractivity contribution in [1.82, 2.24) is 30.3 Å². The first kappa shape index (κ1) is 23.1. The molecule has 0 aliphatic carbocycles. The van der Waals surface area contributed by atoms with Crippen LogP contribution in [-0.2, 0) is 18.3 Å². The molecule has 0 aromatic carbocycles. The van der Waals surface area contributed by atoms with Gasteiger partial charge in [0.1, 0.15) is 12.4 Å². The summed E-state index contributed by atoms with van der Waals surface area (Å²) < 4.78 is 7.10. The van der Waals surface area contributed by atoms with E-state index in [1.54, 1.807) is 7.11 Å². The Morgan fingerprint density at radius 1 is 1.31 bits per heavy atom. The topological polar surface area (TPSA) is 79.6 Å². The molecule has 0 bridgehead atoms. The molecule has 0 radical (unpaired) electrons. The highest BCUT2D eigenvalue weighted by Crippen LogP contribution is 2.10. The Kier molecular flexibility index (Phi) is 11.1. The fourth-order valence-electron chi connectivity index (χ4n) is 2.97. The lowest BCUT2D eigenvalue weighted by Crippen LogP contribution is -2.49. The van der Waals surface area contributed by atoms with Crippen molar-refractivity contribution in [2.45, 2.75) is 45.7 Å². The van der Waals surface area contributed by atoms with Crippen molar-refractivity contribution in [3.05, 3.63) is 11.6 Å². The van der Waals surface area contributed by atoms with Crippen LogP contribution in [0.1, 0.15) is 37.8 Å². The van der Waals surface area contributed by atoms with Gasteiger partial charge in [-0.3, -0.25) is 0 Å². The lowest BCUT2D eigenvalue weighted by Gasteiger charge is -2.32. The molecule has 0 unspecified atom stereocenters. The highest BCUT2D eigenvalue weighted by Gasteiger charge is 2.19. The van der Waals surface area contributed by atoms with Gasteiger partial charge in [-0.05, 0) is 32.7 Å². The van der Waals surface area contributed by atoms with Crippen LogP contribution in [0, 0.1) is 6.92 Å². The van der Waals surface area contributed by atoms with E-state index < -0.39 is 0 Å². The summed E-state index contributed by atoms with van der Waals surface area (Å²) in [6, 6.07) is 0.461. The van der Waals surface area contributed by atoms with Gasteiger partial charge in [0, 0.05) is 39.8 Å². The van der Waals surface area contributed by atoms with Gasteiger partial charge in [-0.1, -0.05) is 6.92 Å². The predicted molar refractivity (Wildman–Crippen MR) is 115 cm³/mol. The van der Waals surface area contributed by atoms with Crippen molar-refractivity contribution in [2.75, 3.05) is 39.9 Å². The van der Waals surface area contributed by atoms with Gasteiger partial charge < -0.3 is 24.8 Å². The maximum atomic E-state index is 5.13. The highest BCUT2D eigenvalue weighted by molar-refractivity contribution is 14.0. The lowest BCUT2D eigenvalue weighted by atomic mass is 10.1. The first-order valence-electron chi connectivity index (χ1n) is 9.25. The van der Waals surface area contributed by atoms with Gasteiger partial charge in [0.15, 0.2) is 11.8 Å². The zero-order valence-corrected chi connectivity index (χ0v) is 18.8. The predicted octanol–water partition coefficient (Wildman–Crippen LogP) is 1.30. The van der Waals surface area contributed by atoms with E-state index in [2.05, 4.69) is 32.7 Å². The van der Waals surface area contributed by atoms with Gasteiger partial charge in [-0.25, -0.2) is 4.99 Å². The number of rotatable bonds is 8. The molecule has 1 aliphatic rings. The summed E-state index contributed by atoms with van der Waals surface area (Å²) in [6.45, 7) is 9.58. The SMILES string of the molecule is CCCN1CCC(NC(=NCc2nnc(C)n2C)NCCOC)CC1.I. The molecular weight excluding hydrogens is 445 g/mol. The zero-order chi connectivity index (χ0) is 18.1. The van der Waals surface area contributed by atoms with E-state index in [4.69, 9.17) is 9.73 Å². The molecule has 1 aliphatic heterocycles. The number of aryl methyl sites for hydroxylation is 1. The standard InChI is InChI=1S/C17H33N7O.HI/c1-5-9-24-10-6-15(7-11-24)20-17(18-8-12-25-4)19-13-16-22-21-14(2)23(16)3;/h15H,5-13H2,1-4H3,(H2,18,19,20);1H. The van der Waals surface area contributed by atoms with E-state index in [1.165, 1.54) is 13.0 Å². The Morgan fingerprint density at radius 2 is 2.04 bits per heavy atom. The number of nitrogens with one attached hydrogen (secondary N) is 2. The molecule has 2 N–H and O–H groups in total. The maximum absolute atomic E-state index is 5.13. The average Bonchev–Trinajstić information content (AvgIpc) is 2.93. The quantitative estimate of drug-likeness (QED) is 0.253. The third kappa shape index (κ3) is 7.36. The number of piperidine rings is 1. The van der Waals surface area contributed by atoms with E-state index in [-0.39, 0.29) is 24.0 Å². The number of aromatic nitrogens is 3. The summed E-state index contributed by atoms with van der Waals surface area (Å²) in [5.74, 6) is 2.59. The molecule has 9 heteroatoms. The second-order valence-corrected chi connectivity index (χ2v) is 6.57. The van der Waals surface area contributed by atoms with Gasteiger partial charge in [0.2, 0.25) is 0 Å². The van der Waals surface area contributed by atoms with E-state index >= 15 is 0 Å². The Hall–Kier alpha value is -0.940. The van der Waals surface area contributed by atoms with Crippen LogP contribution in [0.5, 0.6) is 0 Å². The number of methoxy groups -OCH3 is 1. The van der Waals surface area contributed by atoms with Gasteiger partial charge in [0.25, 0.3) is 0 Å². The summed E-state index contributed by atoms with van der Waals surface area (Å²) in [5.41, 5.74) is 0. The molecule has 1 fully saturated rings. The number of ether oxygens (including phenoxy) is 1. The second kappa shape index (κ2) is 12.4. The maximum Gasteiger partial charge on any atom is 0.192 e. The fourth-order valence-corrected chi connectivity index (χ4v) is 2.97. The summed E-state index contributed by atoms with van der Waals surface area (Å²) in [5, 5.41) is 15.2. The van der Waals surface area contributed by atoms with Crippen LogP contribution >= 0.6 is 24.0 Å². The molecular formula is C17H34IN7O. The third-order valence-corrected chi connectivity index (χ3v) is 4.63.